The van der Waals surface area contributed by atoms with E-state index < -0.39 is 0 Å². The average Bonchev–Trinajstić information content (AvgIpc) is 2.56. The Hall–Kier alpha value is -2.18. The van der Waals surface area contributed by atoms with Crippen molar-refractivity contribution in [2.24, 2.45) is 11.8 Å². The molecule has 0 aliphatic heterocycles. The highest BCUT2D eigenvalue weighted by molar-refractivity contribution is 5.50. The second-order valence-electron chi connectivity index (χ2n) is 5.66. The Labute approximate surface area is 135 Å². The number of hydrogen-bond acceptors (Lipinski definition) is 0. The van der Waals surface area contributed by atoms with Crippen LogP contribution in [0.4, 0.5) is 0 Å². The van der Waals surface area contributed by atoms with Gasteiger partial charge in [0, 0.05) is 23.0 Å². The maximum absolute atomic E-state index is 3.47. The molecule has 0 saturated carbocycles. The summed E-state index contributed by atoms with van der Waals surface area (Å²) in [6.45, 7) is 4.15. The van der Waals surface area contributed by atoms with Crippen LogP contribution in [0.15, 0.2) is 48.6 Å². The van der Waals surface area contributed by atoms with Crippen LogP contribution in [-0.4, -0.2) is 0 Å². The number of fused-ring (bicyclic) bond motifs is 1. The SMILES string of the molecule is CC=CCC1C#Cc2ccccc2C#CC(CC=CC)CC1. The highest BCUT2D eigenvalue weighted by Crippen LogP contribution is 2.20. The monoisotopic (exact) mass is 288 g/mol. The van der Waals surface area contributed by atoms with Gasteiger partial charge in [0.05, 0.1) is 0 Å². The Morgan fingerprint density at radius 2 is 1.32 bits per heavy atom. The van der Waals surface area contributed by atoms with Gasteiger partial charge in [-0.1, -0.05) is 60.1 Å². The summed E-state index contributed by atoms with van der Waals surface area (Å²) in [4.78, 5) is 0. The van der Waals surface area contributed by atoms with Crippen LogP contribution >= 0.6 is 0 Å². The van der Waals surface area contributed by atoms with E-state index in [1.165, 1.54) is 0 Å². The summed E-state index contributed by atoms with van der Waals surface area (Å²) in [7, 11) is 0. The zero-order chi connectivity index (χ0) is 15.6. The Morgan fingerprint density at radius 3 is 1.73 bits per heavy atom. The molecule has 0 heterocycles. The molecule has 0 amide bonds. The zero-order valence-electron chi connectivity index (χ0n) is 13.6. The van der Waals surface area contributed by atoms with Crippen molar-refractivity contribution in [3.8, 4) is 23.7 Å². The summed E-state index contributed by atoms with van der Waals surface area (Å²) >= 11 is 0. The van der Waals surface area contributed by atoms with Gasteiger partial charge in [0.25, 0.3) is 0 Å². The average molecular weight is 288 g/mol. The topological polar surface area (TPSA) is 0 Å². The van der Waals surface area contributed by atoms with Crippen molar-refractivity contribution in [2.45, 2.75) is 39.5 Å². The van der Waals surface area contributed by atoms with Gasteiger partial charge >= 0.3 is 0 Å². The molecular formula is C22H24. The van der Waals surface area contributed by atoms with Crippen LogP contribution in [0.3, 0.4) is 0 Å². The molecule has 0 nitrogen and oxygen atoms in total. The second kappa shape index (κ2) is 8.96. The summed E-state index contributed by atoms with van der Waals surface area (Å²) in [6.07, 6.45) is 13.0. The minimum Gasteiger partial charge on any atom is -0.0941 e. The summed E-state index contributed by atoms with van der Waals surface area (Å²) in [6, 6.07) is 8.23. The smallest absolute Gasteiger partial charge is 0.0401 e. The van der Waals surface area contributed by atoms with Gasteiger partial charge in [-0.15, -0.1) is 0 Å². The van der Waals surface area contributed by atoms with Crippen LogP contribution in [0.2, 0.25) is 0 Å². The standard InChI is InChI=1S/C22H24/c1-3-5-9-19-13-14-20(10-6-4-2)16-18-22-12-8-7-11-21(22)17-15-19/h3-8,11-12,19-20H,9-10,13-14H2,1-2H3. The molecule has 2 unspecified atom stereocenters. The summed E-state index contributed by atoms with van der Waals surface area (Å²) < 4.78 is 0. The minimum atomic E-state index is 0.428. The molecule has 0 heteroatoms. The third kappa shape index (κ3) is 4.98. The highest BCUT2D eigenvalue weighted by Gasteiger charge is 2.10. The first kappa shape index (κ1) is 16.2. The molecule has 0 radical (unpaired) electrons. The van der Waals surface area contributed by atoms with Crippen molar-refractivity contribution < 1.29 is 0 Å². The van der Waals surface area contributed by atoms with Gasteiger partial charge in [-0.3, -0.25) is 0 Å². The van der Waals surface area contributed by atoms with E-state index in [0.717, 1.165) is 36.8 Å². The first-order valence-corrected chi connectivity index (χ1v) is 8.18. The van der Waals surface area contributed by atoms with Crippen LogP contribution in [0.5, 0.6) is 0 Å². The lowest BCUT2D eigenvalue weighted by atomic mass is 9.90. The molecule has 2 atom stereocenters. The lowest BCUT2D eigenvalue weighted by Gasteiger charge is -2.13. The lowest BCUT2D eigenvalue weighted by molar-refractivity contribution is 0.510. The van der Waals surface area contributed by atoms with Gasteiger partial charge in [-0.25, -0.2) is 0 Å². The van der Waals surface area contributed by atoms with Crippen molar-refractivity contribution in [1.82, 2.24) is 0 Å². The van der Waals surface area contributed by atoms with E-state index in [4.69, 9.17) is 0 Å². The molecule has 0 aromatic heterocycles. The molecule has 0 saturated heterocycles. The Kier molecular flexibility index (Phi) is 6.60. The van der Waals surface area contributed by atoms with E-state index in [2.05, 4.69) is 74.0 Å². The van der Waals surface area contributed by atoms with E-state index in [0.29, 0.717) is 11.8 Å². The molecular weight excluding hydrogens is 264 g/mol. The van der Waals surface area contributed by atoms with Gasteiger partial charge in [-0.05, 0) is 51.7 Å². The first-order chi connectivity index (χ1) is 10.8. The predicted octanol–water partition coefficient (Wildman–Crippen LogP) is 5.35. The van der Waals surface area contributed by atoms with Crippen molar-refractivity contribution in [3.05, 3.63) is 59.7 Å². The maximum Gasteiger partial charge on any atom is 0.0401 e. The molecule has 2 rings (SSSR count). The quantitative estimate of drug-likeness (QED) is 0.517. The van der Waals surface area contributed by atoms with Crippen molar-refractivity contribution >= 4 is 0 Å². The maximum atomic E-state index is 3.47. The number of rotatable bonds is 4. The van der Waals surface area contributed by atoms with Crippen LogP contribution in [0, 0.1) is 35.5 Å². The summed E-state index contributed by atoms with van der Waals surface area (Å²) in [5.41, 5.74) is 2.12. The lowest BCUT2D eigenvalue weighted by Crippen LogP contribution is -2.04. The molecule has 0 spiro atoms. The number of benzene rings is 1. The normalized spacial score (nSPS) is 20.8. The Balaban J connectivity index is 2.31. The van der Waals surface area contributed by atoms with Gasteiger partial charge in [0.2, 0.25) is 0 Å². The Bertz CT molecular complexity index is 594. The van der Waals surface area contributed by atoms with Gasteiger partial charge in [0.1, 0.15) is 0 Å². The molecule has 1 aliphatic carbocycles. The van der Waals surface area contributed by atoms with Gasteiger partial charge in [0.15, 0.2) is 0 Å². The van der Waals surface area contributed by atoms with Crippen LogP contribution in [0.1, 0.15) is 50.7 Å². The molecule has 112 valence electrons. The molecule has 1 aromatic rings. The fourth-order valence-corrected chi connectivity index (χ4v) is 2.56. The first-order valence-electron chi connectivity index (χ1n) is 8.18. The fraction of sp³-hybridized carbons (Fsp3) is 0.364. The molecule has 0 bridgehead atoms. The van der Waals surface area contributed by atoms with E-state index in [9.17, 15) is 0 Å². The van der Waals surface area contributed by atoms with Crippen LogP contribution in [-0.2, 0) is 0 Å². The largest absolute Gasteiger partial charge is 0.0941 e. The van der Waals surface area contributed by atoms with Crippen molar-refractivity contribution in [3.63, 3.8) is 0 Å². The van der Waals surface area contributed by atoms with Crippen LogP contribution < -0.4 is 0 Å². The Morgan fingerprint density at radius 1 is 0.864 bits per heavy atom. The predicted molar refractivity (Wildman–Crippen MR) is 95.3 cm³/mol. The molecule has 0 N–H and O–H groups in total. The summed E-state index contributed by atoms with van der Waals surface area (Å²) in [5, 5.41) is 0. The number of hydrogen-bond donors (Lipinski definition) is 0. The van der Waals surface area contributed by atoms with Gasteiger partial charge in [-0.2, -0.15) is 0 Å². The van der Waals surface area contributed by atoms with Crippen molar-refractivity contribution in [1.29, 1.82) is 0 Å². The van der Waals surface area contributed by atoms with Crippen molar-refractivity contribution in [2.75, 3.05) is 0 Å². The fourth-order valence-electron chi connectivity index (χ4n) is 2.56. The van der Waals surface area contributed by atoms with E-state index in [1.54, 1.807) is 0 Å². The molecule has 22 heavy (non-hydrogen) atoms. The summed E-state index contributed by atoms with van der Waals surface area (Å²) in [5.74, 6) is 14.5. The molecule has 1 aliphatic rings. The third-order valence-electron chi connectivity index (χ3n) is 3.93. The molecule has 0 fully saturated rings. The van der Waals surface area contributed by atoms with Crippen LogP contribution in [0.25, 0.3) is 0 Å². The minimum absolute atomic E-state index is 0.428. The highest BCUT2D eigenvalue weighted by atomic mass is 14.1. The zero-order valence-corrected chi connectivity index (χ0v) is 13.6. The van der Waals surface area contributed by atoms with E-state index in [-0.39, 0.29) is 0 Å². The van der Waals surface area contributed by atoms with E-state index >= 15 is 0 Å². The van der Waals surface area contributed by atoms with E-state index in [1.807, 2.05) is 12.1 Å². The second-order valence-corrected chi connectivity index (χ2v) is 5.66. The van der Waals surface area contributed by atoms with Gasteiger partial charge < -0.3 is 0 Å². The molecule has 1 aromatic carbocycles. The number of allylic oxidation sites excluding steroid dienone is 4. The third-order valence-corrected chi connectivity index (χ3v) is 3.93.